The molecule has 0 saturated carbocycles. The number of nitrogens with one attached hydrogen (secondary N) is 2. The summed E-state index contributed by atoms with van der Waals surface area (Å²) < 4.78 is 0. The van der Waals surface area contributed by atoms with Crippen molar-refractivity contribution < 1.29 is 14.4 Å². The SMILES string of the molecule is CC(C)CN(CC(=O)Nc1nc(CC(=O)NCc2cccnc2)cs1)C(=O)c1ccc(Cl)cc1. The van der Waals surface area contributed by atoms with E-state index in [4.69, 9.17) is 11.6 Å². The van der Waals surface area contributed by atoms with Gasteiger partial charge in [-0.25, -0.2) is 4.98 Å². The molecule has 2 aromatic heterocycles. The molecule has 1 aromatic carbocycles. The van der Waals surface area contributed by atoms with E-state index in [0.29, 0.717) is 34.5 Å². The van der Waals surface area contributed by atoms with Gasteiger partial charge in [-0.05, 0) is 41.8 Å². The number of amides is 3. The highest BCUT2D eigenvalue weighted by Crippen LogP contribution is 2.17. The number of hydrogen-bond donors (Lipinski definition) is 2. The maximum atomic E-state index is 12.9. The Kier molecular flexibility index (Phi) is 9.12. The summed E-state index contributed by atoms with van der Waals surface area (Å²) in [6, 6.07) is 10.3. The third-order valence-corrected chi connectivity index (χ3v) is 5.71. The summed E-state index contributed by atoms with van der Waals surface area (Å²) in [5.41, 5.74) is 1.92. The Labute approximate surface area is 207 Å². The number of carbonyl (C=O) groups is 3. The van der Waals surface area contributed by atoms with Crippen LogP contribution in [0.15, 0.2) is 54.2 Å². The van der Waals surface area contributed by atoms with Crippen LogP contribution in [0.5, 0.6) is 0 Å². The predicted molar refractivity (Wildman–Crippen MR) is 133 cm³/mol. The molecule has 2 heterocycles. The molecule has 3 aromatic rings. The monoisotopic (exact) mass is 499 g/mol. The van der Waals surface area contributed by atoms with Gasteiger partial charge < -0.3 is 15.5 Å². The molecule has 0 radical (unpaired) electrons. The van der Waals surface area contributed by atoms with Gasteiger partial charge in [0, 0.05) is 41.4 Å². The van der Waals surface area contributed by atoms with E-state index in [0.717, 1.165) is 5.56 Å². The molecule has 0 aliphatic rings. The average molecular weight is 500 g/mol. The van der Waals surface area contributed by atoms with E-state index in [9.17, 15) is 14.4 Å². The lowest BCUT2D eigenvalue weighted by Crippen LogP contribution is -2.40. The number of nitrogens with zero attached hydrogens (tertiary/aromatic N) is 3. The van der Waals surface area contributed by atoms with Crippen LogP contribution in [0.1, 0.15) is 35.5 Å². The molecule has 8 nitrogen and oxygen atoms in total. The van der Waals surface area contributed by atoms with Crippen LogP contribution in [0.4, 0.5) is 5.13 Å². The molecule has 10 heteroatoms. The number of hydrogen-bond acceptors (Lipinski definition) is 6. The second-order valence-electron chi connectivity index (χ2n) is 8.09. The smallest absolute Gasteiger partial charge is 0.254 e. The molecular weight excluding hydrogens is 474 g/mol. The van der Waals surface area contributed by atoms with Gasteiger partial charge in [0.25, 0.3) is 5.91 Å². The van der Waals surface area contributed by atoms with Crippen molar-refractivity contribution in [3.05, 3.63) is 76.0 Å². The van der Waals surface area contributed by atoms with Crippen LogP contribution in [0.25, 0.3) is 0 Å². The molecular formula is C24H26ClN5O3S. The second-order valence-corrected chi connectivity index (χ2v) is 9.39. The summed E-state index contributed by atoms with van der Waals surface area (Å²) in [6.07, 6.45) is 3.46. The van der Waals surface area contributed by atoms with Crippen molar-refractivity contribution in [3.63, 3.8) is 0 Å². The van der Waals surface area contributed by atoms with Gasteiger partial charge in [0.2, 0.25) is 11.8 Å². The van der Waals surface area contributed by atoms with Gasteiger partial charge in [-0.2, -0.15) is 0 Å². The topological polar surface area (TPSA) is 104 Å². The standard InChI is InChI=1S/C24H26ClN5O3S/c1-16(2)13-30(23(33)18-5-7-19(25)8-6-18)14-22(32)29-24-28-20(15-34-24)10-21(31)27-12-17-4-3-9-26-11-17/h3-9,11,15-16H,10,12-14H2,1-2H3,(H,27,31)(H,28,29,32). The predicted octanol–water partition coefficient (Wildman–Crippen LogP) is 3.79. The van der Waals surface area contributed by atoms with Crippen LogP contribution < -0.4 is 10.6 Å². The lowest BCUT2D eigenvalue weighted by Gasteiger charge is -2.24. The zero-order chi connectivity index (χ0) is 24.5. The fourth-order valence-electron chi connectivity index (χ4n) is 3.14. The lowest BCUT2D eigenvalue weighted by atomic mass is 10.1. The number of rotatable bonds is 10. The fraction of sp³-hybridized carbons (Fsp3) is 0.292. The highest BCUT2D eigenvalue weighted by molar-refractivity contribution is 7.13. The maximum absolute atomic E-state index is 12.9. The van der Waals surface area contributed by atoms with Gasteiger partial charge in [0.05, 0.1) is 12.1 Å². The summed E-state index contributed by atoms with van der Waals surface area (Å²) >= 11 is 7.14. The van der Waals surface area contributed by atoms with Crippen LogP contribution in [-0.4, -0.2) is 45.7 Å². The van der Waals surface area contributed by atoms with E-state index < -0.39 is 0 Å². The summed E-state index contributed by atoms with van der Waals surface area (Å²) in [7, 11) is 0. The second kappa shape index (κ2) is 12.2. The highest BCUT2D eigenvalue weighted by atomic mass is 35.5. The van der Waals surface area contributed by atoms with Crippen LogP contribution in [0.2, 0.25) is 5.02 Å². The summed E-state index contributed by atoms with van der Waals surface area (Å²) in [5.74, 6) is -0.597. The van der Waals surface area contributed by atoms with Gasteiger partial charge in [0.15, 0.2) is 5.13 Å². The quantitative estimate of drug-likeness (QED) is 0.441. The van der Waals surface area contributed by atoms with Gasteiger partial charge in [-0.3, -0.25) is 19.4 Å². The molecule has 0 aliphatic carbocycles. The molecule has 2 N–H and O–H groups in total. The molecule has 178 valence electrons. The number of thiazole rings is 1. The molecule has 3 rings (SSSR count). The molecule has 0 fully saturated rings. The summed E-state index contributed by atoms with van der Waals surface area (Å²) in [4.78, 5) is 47.6. The first-order chi connectivity index (χ1) is 16.3. The third-order valence-electron chi connectivity index (χ3n) is 4.65. The number of benzene rings is 1. The largest absolute Gasteiger partial charge is 0.352 e. The van der Waals surface area contributed by atoms with E-state index >= 15 is 0 Å². The Morgan fingerprint density at radius 1 is 1.12 bits per heavy atom. The normalized spacial score (nSPS) is 10.7. The molecule has 0 bridgehead atoms. The first-order valence-corrected chi connectivity index (χ1v) is 12.0. The first-order valence-electron chi connectivity index (χ1n) is 10.7. The number of pyridine rings is 1. The molecule has 0 saturated heterocycles. The first kappa shape index (κ1) is 25.3. The van der Waals surface area contributed by atoms with Crippen molar-refractivity contribution in [1.82, 2.24) is 20.2 Å². The van der Waals surface area contributed by atoms with Crippen LogP contribution in [0, 0.1) is 5.92 Å². The Hall–Kier alpha value is -3.30. The average Bonchev–Trinajstić information content (AvgIpc) is 3.24. The third kappa shape index (κ3) is 7.93. The highest BCUT2D eigenvalue weighted by Gasteiger charge is 2.21. The van der Waals surface area contributed by atoms with E-state index in [-0.39, 0.29) is 36.6 Å². The summed E-state index contributed by atoms with van der Waals surface area (Å²) in [6.45, 7) is 4.65. The van der Waals surface area contributed by atoms with Crippen molar-refractivity contribution in [1.29, 1.82) is 0 Å². The Morgan fingerprint density at radius 3 is 2.56 bits per heavy atom. The van der Waals surface area contributed by atoms with Crippen molar-refractivity contribution >= 4 is 45.8 Å². The Bertz CT molecular complexity index is 1120. The maximum Gasteiger partial charge on any atom is 0.254 e. The van der Waals surface area contributed by atoms with Crippen LogP contribution in [0.3, 0.4) is 0 Å². The van der Waals surface area contributed by atoms with Crippen molar-refractivity contribution in [2.45, 2.75) is 26.8 Å². The minimum absolute atomic E-state index is 0.0984. The van der Waals surface area contributed by atoms with E-state index in [1.54, 1.807) is 42.0 Å². The molecule has 0 aliphatic heterocycles. The zero-order valence-electron chi connectivity index (χ0n) is 19.0. The molecule has 34 heavy (non-hydrogen) atoms. The minimum Gasteiger partial charge on any atom is -0.352 e. The van der Waals surface area contributed by atoms with Gasteiger partial charge in [-0.1, -0.05) is 31.5 Å². The molecule has 0 spiro atoms. The van der Waals surface area contributed by atoms with E-state index in [1.807, 2.05) is 26.0 Å². The molecule has 0 unspecified atom stereocenters. The van der Waals surface area contributed by atoms with Crippen molar-refractivity contribution in [2.75, 3.05) is 18.4 Å². The minimum atomic E-state index is -0.357. The Balaban J connectivity index is 1.54. The van der Waals surface area contributed by atoms with Crippen LogP contribution in [-0.2, 0) is 22.6 Å². The fourth-order valence-corrected chi connectivity index (χ4v) is 4.00. The molecule has 0 atom stereocenters. The number of carbonyl (C=O) groups excluding carboxylic acids is 3. The summed E-state index contributed by atoms with van der Waals surface area (Å²) in [5, 5.41) is 8.19. The van der Waals surface area contributed by atoms with Gasteiger partial charge in [-0.15, -0.1) is 11.3 Å². The number of anilines is 1. The van der Waals surface area contributed by atoms with Gasteiger partial charge >= 0.3 is 0 Å². The Morgan fingerprint density at radius 2 is 1.88 bits per heavy atom. The van der Waals surface area contributed by atoms with Crippen molar-refractivity contribution in [3.8, 4) is 0 Å². The van der Waals surface area contributed by atoms with Gasteiger partial charge in [0.1, 0.15) is 6.54 Å². The van der Waals surface area contributed by atoms with Crippen molar-refractivity contribution in [2.24, 2.45) is 5.92 Å². The van der Waals surface area contributed by atoms with Crippen LogP contribution >= 0.6 is 22.9 Å². The number of aromatic nitrogens is 2. The zero-order valence-corrected chi connectivity index (χ0v) is 20.5. The molecule has 3 amide bonds. The number of halogens is 1. The van der Waals surface area contributed by atoms with E-state index in [1.165, 1.54) is 16.2 Å². The van der Waals surface area contributed by atoms with E-state index in [2.05, 4.69) is 20.6 Å². The lowest BCUT2D eigenvalue weighted by molar-refractivity contribution is -0.120.